The molecule has 5 nitrogen and oxygen atoms in total. The fraction of sp³-hybridized carbons (Fsp3) is 0.500. The Labute approximate surface area is 112 Å². The first kappa shape index (κ1) is 13.5. The number of carbonyl (C=O) groups excluding carboxylic acids is 1. The zero-order valence-electron chi connectivity index (χ0n) is 11.0. The van der Waals surface area contributed by atoms with Crippen LogP contribution >= 0.6 is 0 Å². The molecule has 0 aromatic carbocycles. The normalized spacial score (nSPS) is 15.8. The SMILES string of the molecule is CCCC1(CNC(=O)c2cccc(C(=O)O)n2)CC1. The van der Waals surface area contributed by atoms with Gasteiger partial charge >= 0.3 is 5.97 Å². The van der Waals surface area contributed by atoms with E-state index < -0.39 is 5.97 Å². The largest absolute Gasteiger partial charge is 0.477 e. The van der Waals surface area contributed by atoms with Gasteiger partial charge in [0.25, 0.3) is 5.91 Å². The van der Waals surface area contributed by atoms with Crippen molar-refractivity contribution in [2.45, 2.75) is 32.6 Å². The van der Waals surface area contributed by atoms with Crippen molar-refractivity contribution >= 4 is 11.9 Å². The van der Waals surface area contributed by atoms with E-state index in [1.54, 1.807) is 0 Å². The zero-order valence-corrected chi connectivity index (χ0v) is 11.0. The second kappa shape index (κ2) is 5.38. The highest BCUT2D eigenvalue weighted by atomic mass is 16.4. The number of amides is 1. The van der Waals surface area contributed by atoms with Crippen LogP contribution in [0.4, 0.5) is 0 Å². The Morgan fingerprint density at radius 1 is 1.37 bits per heavy atom. The summed E-state index contributed by atoms with van der Waals surface area (Å²) in [7, 11) is 0. The maximum atomic E-state index is 11.9. The number of hydrogen-bond donors (Lipinski definition) is 2. The van der Waals surface area contributed by atoms with Crippen LogP contribution in [0.25, 0.3) is 0 Å². The lowest BCUT2D eigenvalue weighted by Gasteiger charge is -2.14. The molecule has 19 heavy (non-hydrogen) atoms. The molecule has 2 rings (SSSR count). The average Bonchev–Trinajstić information content (AvgIpc) is 3.17. The van der Waals surface area contributed by atoms with Crippen molar-refractivity contribution in [3.63, 3.8) is 0 Å². The standard InChI is InChI=1S/C14H18N2O3/c1-2-6-14(7-8-14)9-15-12(17)10-4-3-5-11(16-10)13(18)19/h3-5H,2,6-9H2,1H3,(H,15,17)(H,18,19). The molecule has 1 fully saturated rings. The molecule has 1 aliphatic carbocycles. The highest BCUT2D eigenvalue weighted by molar-refractivity contribution is 5.94. The van der Waals surface area contributed by atoms with E-state index in [4.69, 9.17) is 5.11 Å². The highest BCUT2D eigenvalue weighted by Gasteiger charge is 2.41. The van der Waals surface area contributed by atoms with Crippen LogP contribution in [0.2, 0.25) is 0 Å². The van der Waals surface area contributed by atoms with E-state index in [1.165, 1.54) is 18.2 Å². The molecule has 1 aliphatic rings. The third kappa shape index (κ3) is 3.30. The second-order valence-electron chi connectivity index (χ2n) is 5.15. The zero-order chi connectivity index (χ0) is 13.9. The van der Waals surface area contributed by atoms with Gasteiger partial charge in [0, 0.05) is 6.54 Å². The Balaban J connectivity index is 1.96. The van der Waals surface area contributed by atoms with Gasteiger partial charge in [-0.25, -0.2) is 9.78 Å². The molecule has 0 atom stereocenters. The number of carboxylic acid groups (broad SMARTS) is 1. The number of nitrogens with zero attached hydrogens (tertiary/aromatic N) is 1. The first-order valence-corrected chi connectivity index (χ1v) is 6.55. The van der Waals surface area contributed by atoms with Crippen molar-refractivity contribution in [3.8, 4) is 0 Å². The van der Waals surface area contributed by atoms with Crippen LogP contribution in [0.15, 0.2) is 18.2 Å². The number of aromatic nitrogens is 1. The number of pyridine rings is 1. The van der Waals surface area contributed by atoms with E-state index >= 15 is 0 Å². The van der Waals surface area contributed by atoms with Crippen LogP contribution in [0.1, 0.15) is 53.6 Å². The predicted octanol–water partition coefficient (Wildman–Crippen LogP) is 2.09. The van der Waals surface area contributed by atoms with Crippen molar-refractivity contribution in [1.29, 1.82) is 0 Å². The third-order valence-electron chi connectivity index (χ3n) is 3.56. The van der Waals surface area contributed by atoms with Crippen LogP contribution < -0.4 is 5.32 Å². The van der Waals surface area contributed by atoms with E-state index in [1.807, 2.05) is 0 Å². The molecule has 1 aromatic rings. The van der Waals surface area contributed by atoms with E-state index in [9.17, 15) is 9.59 Å². The molecule has 1 saturated carbocycles. The molecule has 0 unspecified atom stereocenters. The van der Waals surface area contributed by atoms with Crippen LogP contribution in [-0.4, -0.2) is 28.5 Å². The van der Waals surface area contributed by atoms with Gasteiger partial charge in [-0.1, -0.05) is 19.4 Å². The molecular weight excluding hydrogens is 244 g/mol. The number of hydrogen-bond acceptors (Lipinski definition) is 3. The minimum Gasteiger partial charge on any atom is -0.477 e. The average molecular weight is 262 g/mol. The maximum Gasteiger partial charge on any atom is 0.354 e. The summed E-state index contributed by atoms with van der Waals surface area (Å²) in [6, 6.07) is 4.43. The van der Waals surface area contributed by atoms with Gasteiger partial charge in [0.15, 0.2) is 0 Å². The summed E-state index contributed by atoms with van der Waals surface area (Å²) < 4.78 is 0. The van der Waals surface area contributed by atoms with Gasteiger partial charge in [0.05, 0.1) is 0 Å². The van der Waals surface area contributed by atoms with Gasteiger partial charge in [-0.2, -0.15) is 0 Å². The molecule has 2 N–H and O–H groups in total. The molecule has 5 heteroatoms. The lowest BCUT2D eigenvalue weighted by atomic mass is 10.0. The van der Waals surface area contributed by atoms with E-state index in [0.717, 1.165) is 25.7 Å². The Bertz CT molecular complexity index is 495. The maximum absolute atomic E-state index is 11.9. The van der Waals surface area contributed by atoms with Crippen LogP contribution in [0.3, 0.4) is 0 Å². The quantitative estimate of drug-likeness (QED) is 0.822. The first-order valence-electron chi connectivity index (χ1n) is 6.55. The molecular formula is C14H18N2O3. The molecule has 0 bridgehead atoms. The number of carbonyl (C=O) groups is 2. The van der Waals surface area contributed by atoms with Gasteiger partial charge in [-0.15, -0.1) is 0 Å². The Hall–Kier alpha value is -1.91. The minimum absolute atomic E-state index is 0.109. The molecule has 0 aliphatic heterocycles. The van der Waals surface area contributed by atoms with Crippen LogP contribution in [-0.2, 0) is 0 Å². The summed E-state index contributed by atoms with van der Waals surface area (Å²) in [5.74, 6) is -1.43. The van der Waals surface area contributed by atoms with Gasteiger partial charge in [-0.3, -0.25) is 4.79 Å². The Morgan fingerprint density at radius 2 is 2.05 bits per heavy atom. The summed E-state index contributed by atoms with van der Waals surface area (Å²) in [5.41, 5.74) is 0.323. The molecule has 0 radical (unpaired) electrons. The third-order valence-corrected chi connectivity index (χ3v) is 3.56. The van der Waals surface area contributed by atoms with Crippen LogP contribution in [0, 0.1) is 5.41 Å². The van der Waals surface area contributed by atoms with Gasteiger partial charge in [0.2, 0.25) is 0 Å². The molecule has 1 aromatic heterocycles. The molecule has 1 heterocycles. The van der Waals surface area contributed by atoms with Crippen molar-refractivity contribution in [2.75, 3.05) is 6.54 Å². The molecule has 0 spiro atoms. The summed E-state index contributed by atoms with van der Waals surface area (Å²) in [6.45, 7) is 2.79. The van der Waals surface area contributed by atoms with Gasteiger partial charge in [0.1, 0.15) is 11.4 Å². The predicted molar refractivity (Wildman–Crippen MR) is 70.1 cm³/mol. The second-order valence-corrected chi connectivity index (χ2v) is 5.15. The van der Waals surface area contributed by atoms with E-state index in [2.05, 4.69) is 17.2 Å². The van der Waals surface area contributed by atoms with Crippen molar-refractivity contribution in [2.24, 2.45) is 5.41 Å². The van der Waals surface area contributed by atoms with Crippen molar-refractivity contribution in [1.82, 2.24) is 10.3 Å². The smallest absolute Gasteiger partial charge is 0.354 e. The topological polar surface area (TPSA) is 79.3 Å². The fourth-order valence-corrected chi connectivity index (χ4v) is 2.26. The van der Waals surface area contributed by atoms with Crippen molar-refractivity contribution in [3.05, 3.63) is 29.6 Å². The van der Waals surface area contributed by atoms with Crippen molar-refractivity contribution < 1.29 is 14.7 Å². The highest BCUT2D eigenvalue weighted by Crippen LogP contribution is 2.48. The number of aromatic carboxylic acids is 1. The summed E-state index contributed by atoms with van der Waals surface area (Å²) in [4.78, 5) is 26.6. The molecule has 102 valence electrons. The summed E-state index contributed by atoms with van der Waals surface area (Å²) >= 11 is 0. The van der Waals surface area contributed by atoms with E-state index in [-0.39, 0.29) is 22.7 Å². The summed E-state index contributed by atoms with van der Waals surface area (Å²) in [5, 5.41) is 11.7. The number of rotatable bonds is 6. The lowest BCUT2D eigenvalue weighted by molar-refractivity contribution is 0.0690. The molecule has 0 saturated heterocycles. The lowest BCUT2D eigenvalue weighted by Crippen LogP contribution is -2.31. The Kier molecular flexibility index (Phi) is 3.83. The van der Waals surface area contributed by atoms with Gasteiger partial charge in [-0.05, 0) is 36.8 Å². The van der Waals surface area contributed by atoms with Crippen LogP contribution in [0.5, 0.6) is 0 Å². The fourth-order valence-electron chi connectivity index (χ4n) is 2.26. The first-order chi connectivity index (χ1) is 9.06. The monoisotopic (exact) mass is 262 g/mol. The Morgan fingerprint density at radius 3 is 2.63 bits per heavy atom. The molecule has 1 amide bonds. The number of carboxylic acids is 1. The number of nitrogens with one attached hydrogen (secondary N) is 1. The minimum atomic E-state index is -1.13. The van der Waals surface area contributed by atoms with Gasteiger partial charge < -0.3 is 10.4 Å². The van der Waals surface area contributed by atoms with E-state index in [0.29, 0.717) is 6.54 Å². The summed E-state index contributed by atoms with van der Waals surface area (Å²) in [6.07, 6.45) is 4.55.